The van der Waals surface area contributed by atoms with Crippen LogP contribution in [0.25, 0.3) is 11.4 Å². The number of aromatic nitrogens is 3. The fraction of sp³-hybridized carbons (Fsp3) is 0.400. The first kappa shape index (κ1) is 21.8. The number of carbonyl (C=O) groups is 1. The molecule has 2 atom stereocenters. The summed E-state index contributed by atoms with van der Waals surface area (Å²) in [6.07, 6.45) is 4.52. The smallest absolute Gasteiger partial charge is 0.238 e. The maximum atomic E-state index is 13.7. The Bertz CT molecular complexity index is 1080. The van der Waals surface area contributed by atoms with Gasteiger partial charge in [0.1, 0.15) is 11.0 Å². The lowest BCUT2D eigenvalue weighted by atomic mass is 10.0. The lowest BCUT2D eigenvalue weighted by Gasteiger charge is -2.35. The van der Waals surface area contributed by atoms with Crippen molar-refractivity contribution in [3.05, 3.63) is 60.2 Å². The van der Waals surface area contributed by atoms with Crippen molar-refractivity contribution in [1.29, 1.82) is 0 Å². The number of fused-ring (bicyclic) bond motifs is 1. The topological polar surface area (TPSA) is 72.3 Å². The molecule has 33 heavy (non-hydrogen) atoms. The molecule has 0 radical (unpaired) electrons. The van der Waals surface area contributed by atoms with E-state index < -0.39 is 0 Å². The summed E-state index contributed by atoms with van der Waals surface area (Å²) in [5.41, 5.74) is 5.60. The third-order valence-electron chi connectivity index (χ3n) is 6.18. The van der Waals surface area contributed by atoms with Gasteiger partial charge in [-0.15, -0.1) is 10.2 Å². The molecule has 0 saturated carbocycles. The van der Waals surface area contributed by atoms with Crippen LogP contribution in [0.2, 0.25) is 0 Å². The molecule has 1 amide bonds. The van der Waals surface area contributed by atoms with Crippen molar-refractivity contribution < 1.29 is 9.53 Å². The highest BCUT2D eigenvalue weighted by molar-refractivity contribution is 8.00. The normalized spacial score (nSPS) is 20.5. The number of benzene rings is 2. The molecule has 5 rings (SSSR count). The van der Waals surface area contributed by atoms with E-state index in [1.54, 1.807) is 0 Å². The molecule has 172 valence electrons. The molecule has 2 aliphatic heterocycles. The van der Waals surface area contributed by atoms with Crippen LogP contribution in [0.5, 0.6) is 5.75 Å². The average molecular weight is 464 g/mol. The third kappa shape index (κ3) is 4.57. The van der Waals surface area contributed by atoms with E-state index in [9.17, 15) is 4.79 Å². The molecule has 1 aromatic heterocycles. The van der Waals surface area contributed by atoms with Gasteiger partial charge in [0.15, 0.2) is 5.82 Å². The minimum Gasteiger partial charge on any atom is -0.494 e. The molecule has 8 heteroatoms. The number of hydrogen-bond acceptors (Lipinski definition) is 6. The predicted molar refractivity (Wildman–Crippen MR) is 130 cm³/mol. The molecule has 2 aliphatic rings. The van der Waals surface area contributed by atoms with Gasteiger partial charge in [-0.05, 0) is 37.5 Å². The molecule has 1 fully saturated rings. The fourth-order valence-electron chi connectivity index (χ4n) is 4.48. The van der Waals surface area contributed by atoms with Crippen LogP contribution in [0.15, 0.2) is 59.8 Å². The highest BCUT2D eigenvalue weighted by atomic mass is 32.2. The van der Waals surface area contributed by atoms with Crippen LogP contribution in [-0.2, 0) is 4.79 Å². The minimum atomic E-state index is -0.318. The van der Waals surface area contributed by atoms with Crippen LogP contribution >= 0.6 is 11.8 Å². The molecule has 3 heterocycles. The van der Waals surface area contributed by atoms with Crippen molar-refractivity contribution in [2.24, 2.45) is 0 Å². The van der Waals surface area contributed by atoms with Gasteiger partial charge in [0, 0.05) is 18.7 Å². The fourth-order valence-corrected chi connectivity index (χ4v) is 5.64. The first-order valence-electron chi connectivity index (χ1n) is 11.7. The molecule has 0 unspecified atom stereocenters. The van der Waals surface area contributed by atoms with E-state index >= 15 is 0 Å². The van der Waals surface area contributed by atoms with Crippen molar-refractivity contribution in [2.75, 3.05) is 25.1 Å². The Balaban J connectivity index is 1.50. The highest BCUT2D eigenvalue weighted by Gasteiger charge is 2.40. The van der Waals surface area contributed by atoms with Crippen LogP contribution in [0.4, 0.5) is 0 Å². The molecule has 1 N–H and O–H groups in total. The first-order chi connectivity index (χ1) is 16.2. The molecule has 7 nitrogen and oxygen atoms in total. The number of ether oxygens (including phenoxy) is 1. The maximum Gasteiger partial charge on any atom is 0.238 e. The SMILES string of the molecule is CCOc1ccc([C@@H]2Nn3c(nnc3-c3ccccc3)S[C@H]2C(=O)N2CCCCCC2)cc1. The van der Waals surface area contributed by atoms with Crippen molar-refractivity contribution in [1.82, 2.24) is 19.8 Å². The van der Waals surface area contributed by atoms with E-state index in [1.165, 1.54) is 24.6 Å². The van der Waals surface area contributed by atoms with E-state index in [4.69, 9.17) is 4.74 Å². The molecule has 0 bridgehead atoms. The number of likely N-dealkylation sites (tertiary alicyclic amines) is 1. The predicted octanol–water partition coefficient (Wildman–Crippen LogP) is 4.51. The van der Waals surface area contributed by atoms with Gasteiger partial charge in [-0.1, -0.05) is 67.1 Å². The van der Waals surface area contributed by atoms with E-state index in [2.05, 4.69) is 15.6 Å². The Morgan fingerprint density at radius 1 is 1.03 bits per heavy atom. The number of thioether (sulfide) groups is 1. The quantitative estimate of drug-likeness (QED) is 0.600. The van der Waals surface area contributed by atoms with Crippen LogP contribution in [-0.4, -0.2) is 50.6 Å². The minimum absolute atomic E-state index is 0.170. The van der Waals surface area contributed by atoms with Crippen LogP contribution in [0.1, 0.15) is 44.2 Å². The number of carbonyl (C=O) groups excluding carboxylic acids is 1. The lowest BCUT2D eigenvalue weighted by Crippen LogP contribution is -2.46. The molecule has 3 aromatic rings. The van der Waals surface area contributed by atoms with Gasteiger partial charge in [-0.2, -0.15) is 0 Å². The molecular weight excluding hydrogens is 434 g/mol. The second-order valence-electron chi connectivity index (χ2n) is 8.39. The summed E-state index contributed by atoms with van der Waals surface area (Å²) in [7, 11) is 0. The van der Waals surface area contributed by atoms with Crippen molar-refractivity contribution in [3.8, 4) is 17.1 Å². The van der Waals surface area contributed by atoms with Crippen molar-refractivity contribution >= 4 is 17.7 Å². The monoisotopic (exact) mass is 463 g/mol. The summed E-state index contributed by atoms with van der Waals surface area (Å²) >= 11 is 1.50. The summed E-state index contributed by atoms with van der Waals surface area (Å²) in [4.78, 5) is 15.8. The van der Waals surface area contributed by atoms with Gasteiger partial charge < -0.3 is 15.1 Å². The number of nitrogens with zero attached hydrogens (tertiary/aromatic N) is 4. The zero-order valence-corrected chi connectivity index (χ0v) is 19.6. The molecular formula is C25H29N5O2S. The van der Waals surface area contributed by atoms with E-state index in [1.807, 2.05) is 71.1 Å². The third-order valence-corrected chi connectivity index (χ3v) is 7.38. The van der Waals surface area contributed by atoms with Crippen molar-refractivity contribution in [2.45, 2.75) is 49.1 Å². The van der Waals surface area contributed by atoms with Crippen LogP contribution in [0, 0.1) is 0 Å². The van der Waals surface area contributed by atoms with E-state index in [0.29, 0.717) is 11.8 Å². The molecule has 0 aliphatic carbocycles. The van der Waals surface area contributed by atoms with Gasteiger partial charge in [0.25, 0.3) is 0 Å². The standard InChI is InChI=1S/C25H29N5O2S/c1-2-32-20-14-12-18(13-15-20)21-22(24(31)29-16-8-3-4-9-17-29)33-25-27-26-23(30(25)28-21)19-10-6-5-7-11-19/h5-7,10-15,21-22,28H,2-4,8-9,16-17H2,1H3/t21-,22+/m0/s1. The van der Waals surface area contributed by atoms with E-state index in [0.717, 1.165) is 48.6 Å². The highest BCUT2D eigenvalue weighted by Crippen LogP contribution is 2.40. The van der Waals surface area contributed by atoms with Crippen LogP contribution in [0.3, 0.4) is 0 Å². The van der Waals surface area contributed by atoms with Gasteiger partial charge >= 0.3 is 0 Å². The van der Waals surface area contributed by atoms with Crippen LogP contribution < -0.4 is 10.2 Å². The van der Waals surface area contributed by atoms with Gasteiger partial charge in [0.2, 0.25) is 11.1 Å². The summed E-state index contributed by atoms with van der Waals surface area (Å²) < 4.78 is 7.55. The summed E-state index contributed by atoms with van der Waals surface area (Å²) in [6, 6.07) is 17.8. The second kappa shape index (κ2) is 9.87. The Hall–Kier alpha value is -3.00. The van der Waals surface area contributed by atoms with Gasteiger partial charge in [-0.25, -0.2) is 4.68 Å². The zero-order chi connectivity index (χ0) is 22.6. The number of hydrogen-bond donors (Lipinski definition) is 1. The summed E-state index contributed by atoms with van der Waals surface area (Å²) in [6.45, 7) is 4.25. The van der Waals surface area contributed by atoms with Crippen molar-refractivity contribution in [3.63, 3.8) is 0 Å². The largest absolute Gasteiger partial charge is 0.494 e. The van der Waals surface area contributed by atoms with E-state index in [-0.39, 0.29) is 17.2 Å². The first-order valence-corrected chi connectivity index (χ1v) is 12.6. The Labute approximate surface area is 198 Å². The number of amides is 1. The molecule has 0 spiro atoms. The Morgan fingerprint density at radius 2 is 1.76 bits per heavy atom. The van der Waals surface area contributed by atoms with Gasteiger partial charge in [-0.3, -0.25) is 4.79 Å². The second-order valence-corrected chi connectivity index (χ2v) is 9.50. The summed E-state index contributed by atoms with van der Waals surface area (Å²) in [5.74, 6) is 1.74. The number of nitrogens with one attached hydrogen (secondary N) is 1. The Kier molecular flexibility index (Phi) is 6.53. The number of rotatable bonds is 5. The van der Waals surface area contributed by atoms with Gasteiger partial charge in [0.05, 0.1) is 12.6 Å². The average Bonchev–Trinajstić information content (AvgIpc) is 3.07. The zero-order valence-electron chi connectivity index (χ0n) is 18.8. The lowest BCUT2D eigenvalue weighted by molar-refractivity contribution is -0.131. The molecule has 1 saturated heterocycles. The Morgan fingerprint density at radius 3 is 2.45 bits per heavy atom. The molecule has 2 aromatic carbocycles. The summed E-state index contributed by atoms with van der Waals surface area (Å²) in [5, 5.41) is 9.25. The maximum absolute atomic E-state index is 13.7.